The number of benzene rings is 1. The van der Waals surface area contributed by atoms with Gasteiger partial charge in [-0.05, 0) is 65.0 Å². The van der Waals surface area contributed by atoms with Crippen molar-refractivity contribution in [1.29, 1.82) is 0 Å². The number of thiophene rings is 1. The van der Waals surface area contributed by atoms with Gasteiger partial charge in [0.05, 0.1) is 3.79 Å². The van der Waals surface area contributed by atoms with Gasteiger partial charge in [-0.2, -0.15) is 0 Å². The third-order valence-electron chi connectivity index (χ3n) is 2.99. The lowest BCUT2D eigenvalue weighted by Crippen LogP contribution is -1.98. The van der Waals surface area contributed by atoms with Gasteiger partial charge in [0, 0.05) is 4.88 Å². The highest BCUT2D eigenvalue weighted by Gasteiger charge is 2.14. The summed E-state index contributed by atoms with van der Waals surface area (Å²) in [6.07, 6.45) is -0.524. The van der Waals surface area contributed by atoms with Crippen molar-refractivity contribution in [1.82, 2.24) is 0 Å². The minimum atomic E-state index is -0.524. The van der Waals surface area contributed by atoms with Crippen molar-refractivity contribution in [2.75, 3.05) is 0 Å². The van der Waals surface area contributed by atoms with Gasteiger partial charge >= 0.3 is 0 Å². The van der Waals surface area contributed by atoms with Gasteiger partial charge in [0.1, 0.15) is 6.10 Å². The molecule has 1 aromatic heterocycles. The maximum atomic E-state index is 10.3. The number of halogens is 1. The van der Waals surface area contributed by atoms with Crippen molar-refractivity contribution in [2.24, 2.45) is 0 Å². The molecule has 1 heterocycles. The summed E-state index contributed by atoms with van der Waals surface area (Å²) < 4.78 is 1.09. The van der Waals surface area contributed by atoms with E-state index in [-0.39, 0.29) is 0 Å². The van der Waals surface area contributed by atoms with E-state index in [1.165, 1.54) is 16.7 Å². The van der Waals surface area contributed by atoms with Crippen LogP contribution in [0.15, 0.2) is 28.1 Å². The van der Waals surface area contributed by atoms with Crippen molar-refractivity contribution in [3.63, 3.8) is 0 Å². The second-order valence-corrected chi connectivity index (χ2v) is 6.75. The zero-order valence-electron chi connectivity index (χ0n) is 10.1. The Morgan fingerprint density at radius 3 is 2.29 bits per heavy atom. The predicted molar refractivity (Wildman–Crippen MR) is 76.7 cm³/mol. The minimum Gasteiger partial charge on any atom is -0.383 e. The fourth-order valence-electron chi connectivity index (χ4n) is 1.72. The van der Waals surface area contributed by atoms with Crippen molar-refractivity contribution in [3.05, 3.63) is 55.2 Å². The van der Waals surface area contributed by atoms with Crippen LogP contribution in [0.25, 0.3) is 0 Å². The Kier molecular flexibility index (Phi) is 3.71. The van der Waals surface area contributed by atoms with Gasteiger partial charge < -0.3 is 5.11 Å². The molecule has 0 spiro atoms. The molecule has 1 aromatic carbocycles. The van der Waals surface area contributed by atoms with Crippen molar-refractivity contribution in [2.45, 2.75) is 26.9 Å². The largest absolute Gasteiger partial charge is 0.383 e. The third-order valence-corrected chi connectivity index (χ3v) is 5.18. The Labute approximate surface area is 114 Å². The first-order valence-corrected chi connectivity index (χ1v) is 7.11. The lowest BCUT2D eigenvalue weighted by Gasteiger charge is -2.10. The normalized spacial score (nSPS) is 12.8. The third kappa shape index (κ3) is 2.62. The summed E-state index contributed by atoms with van der Waals surface area (Å²) in [6, 6.07) is 8.15. The van der Waals surface area contributed by atoms with Crippen LogP contribution in [0.2, 0.25) is 0 Å². The quantitative estimate of drug-likeness (QED) is 0.864. The summed E-state index contributed by atoms with van der Waals surface area (Å²) in [6.45, 7) is 6.19. The molecular formula is C14H15BrOS. The number of hydrogen-bond donors (Lipinski definition) is 1. The summed E-state index contributed by atoms with van der Waals surface area (Å²) in [4.78, 5) is 0.984. The van der Waals surface area contributed by atoms with Gasteiger partial charge in [-0.1, -0.05) is 18.2 Å². The van der Waals surface area contributed by atoms with Gasteiger partial charge in [0.15, 0.2) is 0 Å². The molecule has 17 heavy (non-hydrogen) atoms. The van der Waals surface area contributed by atoms with E-state index in [1.54, 1.807) is 11.3 Å². The number of rotatable bonds is 2. The van der Waals surface area contributed by atoms with Crippen LogP contribution >= 0.6 is 27.3 Å². The summed E-state index contributed by atoms with van der Waals surface area (Å²) in [7, 11) is 0. The van der Waals surface area contributed by atoms with E-state index in [9.17, 15) is 5.11 Å². The Morgan fingerprint density at radius 1 is 1.06 bits per heavy atom. The fourth-order valence-corrected chi connectivity index (χ4v) is 3.30. The first kappa shape index (κ1) is 12.8. The maximum Gasteiger partial charge on any atom is 0.113 e. The monoisotopic (exact) mass is 310 g/mol. The van der Waals surface area contributed by atoms with Crippen molar-refractivity contribution in [3.8, 4) is 0 Å². The SMILES string of the molecule is Cc1ccc(C(O)c2cc(C)c(Br)s2)cc1C. The molecule has 0 saturated carbocycles. The Balaban J connectivity index is 2.36. The topological polar surface area (TPSA) is 20.2 Å². The second-order valence-electron chi connectivity index (χ2n) is 4.35. The average Bonchev–Trinajstić information content (AvgIpc) is 2.62. The number of hydrogen-bond acceptors (Lipinski definition) is 2. The second kappa shape index (κ2) is 4.92. The molecular weight excluding hydrogens is 296 g/mol. The molecule has 0 radical (unpaired) electrons. The lowest BCUT2D eigenvalue weighted by atomic mass is 10.0. The first-order chi connectivity index (χ1) is 7.99. The van der Waals surface area contributed by atoms with E-state index >= 15 is 0 Å². The Bertz CT molecular complexity index is 526. The van der Waals surface area contributed by atoms with E-state index < -0.39 is 6.10 Å². The van der Waals surface area contributed by atoms with Crippen molar-refractivity contribution >= 4 is 27.3 Å². The molecule has 0 fully saturated rings. The molecule has 0 amide bonds. The summed E-state index contributed by atoms with van der Waals surface area (Å²) in [5, 5.41) is 10.3. The molecule has 2 rings (SSSR count). The van der Waals surface area contributed by atoms with E-state index in [4.69, 9.17) is 0 Å². The highest BCUT2D eigenvalue weighted by atomic mass is 79.9. The van der Waals surface area contributed by atoms with Crippen LogP contribution in [0.3, 0.4) is 0 Å². The van der Waals surface area contributed by atoms with Gasteiger partial charge in [0.25, 0.3) is 0 Å². The Hall–Kier alpha value is -0.640. The van der Waals surface area contributed by atoms with Crippen LogP contribution in [0, 0.1) is 20.8 Å². The molecule has 1 N–H and O–H groups in total. The average molecular weight is 311 g/mol. The van der Waals surface area contributed by atoms with Crippen LogP contribution in [0.5, 0.6) is 0 Å². The first-order valence-electron chi connectivity index (χ1n) is 5.50. The van der Waals surface area contributed by atoms with Gasteiger partial charge in [-0.15, -0.1) is 11.3 Å². The molecule has 1 atom stereocenters. The van der Waals surface area contributed by atoms with Crippen LogP contribution in [-0.2, 0) is 0 Å². The van der Waals surface area contributed by atoms with Crippen LogP contribution in [0.4, 0.5) is 0 Å². The van der Waals surface area contributed by atoms with Crippen LogP contribution in [0.1, 0.15) is 33.2 Å². The molecule has 0 aliphatic heterocycles. The maximum absolute atomic E-state index is 10.3. The molecule has 0 aliphatic carbocycles. The smallest absolute Gasteiger partial charge is 0.113 e. The van der Waals surface area contributed by atoms with E-state index in [0.717, 1.165) is 14.2 Å². The molecule has 2 aromatic rings. The van der Waals surface area contributed by atoms with Gasteiger partial charge in [0.2, 0.25) is 0 Å². The van der Waals surface area contributed by atoms with Crippen LogP contribution < -0.4 is 0 Å². The highest BCUT2D eigenvalue weighted by molar-refractivity contribution is 9.11. The predicted octanol–water partition coefficient (Wildman–Crippen LogP) is 4.52. The molecule has 90 valence electrons. The lowest BCUT2D eigenvalue weighted by molar-refractivity contribution is 0.224. The molecule has 3 heteroatoms. The van der Waals surface area contributed by atoms with E-state index in [2.05, 4.69) is 41.9 Å². The fraction of sp³-hybridized carbons (Fsp3) is 0.286. The van der Waals surface area contributed by atoms with Gasteiger partial charge in [-0.3, -0.25) is 0 Å². The van der Waals surface area contributed by atoms with E-state index in [1.807, 2.05) is 19.1 Å². The summed E-state index contributed by atoms with van der Waals surface area (Å²) >= 11 is 5.08. The molecule has 0 bridgehead atoms. The van der Waals surface area contributed by atoms with E-state index in [0.29, 0.717) is 0 Å². The standard InChI is InChI=1S/C14H15BrOS/c1-8-4-5-11(6-9(8)2)13(16)12-7-10(3)14(15)17-12/h4-7,13,16H,1-3H3. The molecule has 1 nitrogen and oxygen atoms in total. The van der Waals surface area contributed by atoms with Gasteiger partial charge in [-0.25, -0.2) is 0 Å². The number of aliphatic hydroxyl groups is 1. The zero-order chi connectivity index (χ0) is 12.6. The summed E-state index contributed by atoms with van der Waals surface area (Å²) in [5.74, 6) is 0. The number of aliphatic hydroxyl groups excluding tert-OH is 1. The zero-order valence-corrected chi connectivity index (χ0v) is 12.5. The molecule has 0 saturated heterocycles. The molecule has 0 aliphatic rings. The Morgan fingerprint density at radius 2 is 1.76 bits per heavy atom. The summed E-state index contributed by atoms with van der Waals surface area (Å²) in [5.41, 5.74) is 4.60. The van der Waals surface area contributed by atoms with Crippen LogP contribution in [-0.4, -0.2) is 5.11 Å². The van der Waals surface area contributed by atoms with Crippen molar-refractivity contribution < 1.29 is 5.11 Å². The molecule has 1 unspecified atom stereocenters. The highest BCUT2D eigenvalue weighted by Crippen LogP contribution is 2.34. The minimum absolute atomic E-state index is 0.524. The number of aryl methyl sites for hydroxylation is 3.